The number of alkyl halides is 2. The summed E-state index contributed by atoms with van der Waals surface area (Å²) in [6.45, 7) is 6.27. The Morgan fingerprint density at radius 2 is 1.76 bits per heavy atom. The van der Waals surface area contributed by atoms with E-state index < -0.39 is 14.0 Å². The van der Waals surface area contributed by atoms with E-state index in [0.717, 1.165) is 0 Å². The predicted octanol–water partition coefficient (Wildman–Crippen LogP) is 3.76. The van der Waals surface area contributed by atoms with Crippen molar-refractivity contribution in [3.05, 3.63) is 35.9 Å². The van der Waals surface area contributed by atoms with Crippen molar-refractivity contribution in [1.29, 1.82) is 0 Å². The Hall–Kier alpha value is -1.03. The van der Waals surface area contributed by atoms with Crippen molar-refractivity contribution < 1.29 is 8.78 Å². The van der Waals surface area contributed by atoms with Gasteiger partial charge in [-0.1, -0.05) is 50.0 Å². The van der Waals surface area contributed by atoms with Crippen molar-refractivity contribution >= 4 is 13.8 Å². The molecule has 0 saturated carbocycles. The van der Waals surface area contributed by atoms with Crippen LogP contribution in [0.1, 0.15) is 12.0 Å². The molecular weight excluding hydrogens is 236 g/mol. The van der Waals surface area contributed by atoms with E-state index in [1.807, 2.05) is 6.07 Å². The van der Waals surface area contributed by atoms with E-state index in [-0.39, 0.29) is 17.8 Å². The molecule has 0 aliphatic carbocycles. The van der Waals surface area contributed by atoms with Gasteiger partial charge in [0.2, 0.25) is 0 Å². The molecule has 1 unspecified atom stereocenters. The van der Waals surface area contributed by atoms with Crippen LogP contribution >= 0.6 is 0 Å². The molecule has 1 atom stereocenters. The van der Waals surface area contributed by atoms with E-state index in [1.165, 1.54) is 0 Å². The molecule has 17 heavy (non-hydrogen) atoms. The normalized spacial score (nSPS) is 23.6. The highest BCUT2D eigenvalue weighted by atomic mass is 28.3. The molecule has 92 valence electrons. The molecule has 0 fully saturated rings. The van der Waals surface area contributed by atoms with Gasteiger partial charge in [0.05, 0.1) is 8.07 Å². The van der Waals surface area contributed by atoms with Crippen molar-refractivity contribution in [2.75, 3.05) is 0 Å². The van der Waals surface area contributed by atoms with Crippen LogP contribution in [0.3, 0.4) is 0 Å². The van der Waals surface area contributed by atoms with Gasteiger partial charge in [-0.3, -0.25) is 4.99 Å². The van der Waals surface area contributed by atoms with E-state index in [0.29, 0.717) is 5.56 Å². The molecule has 4 heteroatoms. The average molecular weight is 253 g/mol. The lowest BCUT2D eigenvalue weighted by atomic mass is 10.0. The van der Waals surface area contributed by atoms with E-state index >= 15 is 0 Å². The molecule has 1 aromatic carbocycles. The van der Waals surface area contributed by atoms with Crippen LogP contribution in [-0.2, 0) is 0 Å². The minimum absolute atomic E-state index is 0.0227. The number of aliphatic imine (C=N–C) groups is 1. The second-order valence-electron chi connectivity index (χ2n) is 5.63. The second kappa shape index (κ2) is 4.01. The quantitative estimate of drug-likeness (QED) is 0.712. The SMILES string of the molecule is C[Si](C)(C)C1CC(F)(F)C(c2ccccc2)=N1. The van der Waals surface area contributed by atoms with Crippen molar-refractivity contribution in [2.24, 2.45) is 4.99 Å². The number of benzene rings is 1. The summed E-state index contributed by atoms with van der Waals surface area (Å²) in [6.07, 6.45) is -0.118. The molecule has 1 aliphatic heterocycles. The predicted molar refractivity (Wildman–Crippen MR) is 69.7 cm³/mol. The highest BCUT2D eigenvalue weighted by molar-refractivity contribution is 6.78. The van der Waals surface area contributed by atoms with Gasteiger partial charge in [-0.05, 0) is 0 Å². The van der Waals surface area contributed by atoms with Gasteiger partial charge >= 0.3 is 0 Å². The van der Waals surface area contributed by atoms with E-state index in [9.17, 15) is 8.78 Å². The summed E-state index contributed by atoms with van der Waals surface area (Å²) in [5, 5.41) is 0. The molecule has 2 rings (SSSR count). The van der Waals surface area contributed by atoms with Crippen molar-refractivity contribution in [3.63, 3.8) is 0 Å². The topological polar surface area (TPSA) is 12.4 Å². The minimum atomic E-state index is -2.77. The lowest BCUT2D eigenvalue weighted by Crippen LogP contribution is -2.37. The molecule has 1 heterocycles. The van der Waals surface area contributed by atoms with Crippen LogP contribution < -0.4 is 0 Å². The zero-order chi connectivity index (χ0) is 12.7. The lowest BCUT2D eigenvalue weighted by molar-refractivity contribution is 0.0780. The maximum absolute atomic E-state index is 14.0. The summed E-state index contributed by atoms with van der Waals surface area (Å²) in [5.74, 6) is -2.77. The van der Waals surface area contributed by atoms with Crippen LogP contribution in [0.2, 0.25) is 19.6 Å². The third kappa shape index (κ3) is 2.46. The minimum Gasteiger partial charge on any atom is -0.283 e. The van der Waals surface area contributed by atoms with Crippen molar-refractivity contribution in [2.45, 2.75) is 37.6 Å². The Labute approximate surface area is 102 Å². The van der Waals surface area contributed by atoms with Crippen LogP contribution in [0.25, 0.3) is 0 Å². The third-order valence-corrected chi connectivity index (χ3v) is 5.46. The molecule has 1 aliphatic rings. The second-order valence-corrected chi connectivity index (χ2v) is 11.0. The first-order valence-corrected chi connectivity index (χ1v) is 9.40. The molecule has 0 N–H and O–H groups in total. The van der Waals surface area contributed by atoms with Gasteiger partial charge in [0.1, 0.15) is 5.71 Å². The molecule has 0 spiro atoms. The number of hydrogen-bond donors (Lipinski definition) is 0. The molecule has 0 saturated heterocycles. The summed E-state index contributed by atoms with van der Waals surface area (Å²) < 4.78 is 27.9. The zero-order valence-electron chi connectivity index (χ0n) is 10.4. The Balaban J connectivity index is 2.39. The third-order valence-electron chi connectivity index (χ3n) is 3.13. The Morgan fingerprint density at radius 3 is 2.24 bits per heavy atom. The Morgan fingerprint density at radius 1 is 1.18 bits per heavy atom. The van der Waals surface area contributed by atoms with Gasteiger partial charge in [0, 0.05) is 17.6 Å². The fourth-order valence-corrected chi connectivity index (χ4v) is 3.40. The first kappa shape index (κ1) is 12.4. The van der Waals surface area contributed by atoms with Crippen molar-refractivity contribution in [3.8, 4) is 0 Å². The van der Waals surface area contributed by atoms with Crippen LogP contribution in [0.5, 0.6) is 0 Å². The van der Waals surface area contributed by atoms with Gasteiger partial charge < -0.3 is 0 Å². The smallest absolute Gasteiger partial charge is 0.283 e. The fourth-order valence-electron chi connectivity index (χ4n) is 2.02. The van der Waals surface area contributed by atoms with Gasteiger partial charge in [-0.25, -0.2) is 0 Å². The molecule has 0 bridgehead atoms. The Bertz CT molecular complexity index is 434. The highest BCUT2D eigenvalue weighted by Gasteiger charge is 2.48. The summed E-state index contributed by atoms with van der Waals surface area (Å²) >= 11 is 0. The highest BCUT2D eigenvalue weighted by Crippen LogP contribution is 2.36. The maximum Gasteiger partial charge on any atom is 0.291 e. The van der Waals surface area contributed by atoms with E-state index in [1.54, 1.807) is 24.3 Å². The van der Waals surface area contributed by atoms with Crippen LogP contribution in [0.15, 0.2) is 35.3 Å². The van der Waals surface area contributed by atoms with Gasteiger partial charge in [0.25, 0.3) is 5.92 Å². The molecule has 1 nitrogen and oxygen atoms in total. The number of rotatable bonds is 2. The van der Waals surface area contributed by atoms with Gasteiger partial charge in [-0.15, -0.1) is 0 Å². The summed E-state index contributed by atoms with van der Waals surface area (Å²) in [6, 6.07) is 8.79. The number of hydrogen-bond acceptors (Lipinski definition) is 1. The molecular formula is C13H17F2NSi. The Kier molecular flexibility index (Phi) is 2.93. The average Bonchev–Trinajstić information content (AvgIpc) is 2.55. The van der Waals surface area contributed by atoms with Gasteiger partial charge in [0.15, 0.2) is 0 Å². The summed E-state index contributed by atoms with van der Waals surface area (Å²) in [7, 11) is -1.66. The maximum atomic E-state index is 14.0. The zero-order valence-corrected chi connectivity index (χ0v) is 11.4. The monoisotopic (exact) mass is 253 g/mol. The van der Waals surface area contributed by atoms with E-state index in [4.69, 9.17) is 0 Å². The van der Waals surface area contributed by atoms with E-state index in [2.05, 4.69) is 24.6 Å². The first-order valence-electron chi connectivity index (χ1n) is 5.82. The summed E-state index contributed by atoms with van der Waals surface area (Å²) in [5.41, 5.74) is 0.358. The molecule has 0 amide bonds. The van der Waals surface area contributed by atoms with Gasteiger partial charge in [-0.2, -0.15) is 8.78 Å². The number of halogens is 2. The van der Waals surface area contributed by atoms with Crippen LogP contribution in [-0.4, -0.2) is 25.4 Å². The fraction of sp³-hybridized carbons (Fsp3) is 0.462. The van der Waals surface area contributed by atoms with Crippen LogP contribution in [0, 0.1) is 0 Å². The van der Waals surface area contributed by atoms with Crippen molar-refractivity contribution in [1.82, 2.24) is 0 Å². The first-order chi connectivity index (χ1) is 7.81. The molecule has 0 radical (unpaired) electrons. The lowest BCUT2D eigenvalue weighted by Gasteiger charge is -2.22. The summed E-state index contributed by atoms with van der Waals surface area (Å²) in [4.78, 5) is 4.31. The largest absolute Gasteiger partial charge is 0.291 e. The molecule has 1 aromatic rings. The molecule has 0 aromatic heterocycles. The standard InChI is InChI=1S/C13H17F2NSi/c1-17(2,3)11-9-13(14,15)12(16-11)10-7-5-4-6-8-10/h4-8,11H,9H2,1-3H3. The van der Waals surface area contributed by atoms with Crippen LogP contribution in [0.4, 0.5) is 8.78 Å². The number of nitrogens with zero attached hydrogens (tertiary/aromatic N) is 1.